The second-order valence-corrected chi connectivity index (χ2v) is 8.82. The van der Waals surface area contributed by atoms with Crippen LogP contribution in [0, 0.1) is 12.8 Å². The number of amides is 1. The number of aliphatic hydroxyl groups is 1. The van der Waals surface area contributed by atoms with Gasteiger partial charge in [-0.25, -0.2) is 0 Å². The van der Waals surface area contributed by atoms with Crippen molar-refractivity contribution in [1.29, 1.82) is 0 Å². The maximum absolute atomic E-state index is 12.4. The summed E-state index contributed by atoms with van der Waals surface area (Å²) in [6.07, 6.45) is 4.50. The highest BCUT2D eigenvalue weighted by molar-refractivity contribution is 7.27. The van der Waals surface area contributed by atoms with Crippen molar-refractivity contribution in [2.75, 3.05) is 39.3 Å². The van der Waals surface area contributed by atoms with Crippen LogP contribution < -0.4 is 10.6 Å². The van der Waals surface area contributed by atoms with Crippen LogP contribution in [0.3, 0.4) is 0 Å². The van der Waals surface area contributed by atoms with E-state index in [2.05, 4.69) is 30.9 Å². The highest BCUT2D eigenvalue weighted by Crippen LogP contribution is 2.26. The molecule has 2 unspecified atom stereocenters. The van der Waals surface area contributed by atoms with Crippen molar-refractivity contribution in [3.8, 4) is 0 Å². The number of hydrogen-bond acceptors (Lipinski definition) is 4. The van der Waals surface area contributed by atoms with Crippen LogP contribution in [-0.2, 0) is 0 Å². The topological polar surface area (TPSA) is 55.8 Å². The summed E-state index contributed by atoms with van der Waals surface area (Å²) in [6, 6.07) is 6.33. The summed E-state index contributed by atoms with van der Waals surface area (Å²) in [5, 5.41) is 13.2. The maximum Gasteiger partial charge on any atom is 0.251 e. The lowest BCUT2D eigenvalue weighted by atomic mass is 9.93. The van der Waals surface area contributed by atoms with E-state index in [0.717, 1.165) is 55.6 Å². The largest absolute Gasteiger partial charge is 0.396 e. The Hall–Kier alpha value is -1.42. The molecule has 2 heterocycles. The molecule has 2 atom stereocenters. The van der Waals surface area contributed by atoms with Crippen LogP contribution in [0.15, 0.2) is 30.5 Å². The minimum absolute atomic E-state index is 0.0495. The van der Waals surface area contributed by atoms with Crippen LogP contribution in [0.1, 0.15) is 41.6 Å². The minimum Gasteiger partial charge on any atom is -0.396 e. The SMILES string of the molecule is C=C(CNC(=O)c1ccc(C)c(P)c1)N1CCC(N2CCC(CCO)CC2)C1. The summed E-state index contributed by atoms with van der Waals surface area (Å²) < 4.78 is 0. The molecular weight excluding hydrogens is 369 g/mol. The highest BCUT2D eigenvalue weighted by atomic mass is 31.0. The number of aliphatic hydroxyl groups excluding tert-OH is 1. The lowest BCUT2D eigenvalue weighted by Gasteiger charge is -2.36. The molecule has 0 spiro atoms. The van der Waals surface area contributed by atoms with Gasteiger partial charge in [-0.2, -0.15) is 0 Å². The molecule has 2 fully saturated rings. The zero-order valence-electron chi connectivity index (χ0n) is 17.0. The van der Waals surface area contributed by atoms with E-state index in [4.69, 9.17) is 5.11 Å². The van der Waals surface area contributed by atoms with Crippen molar-refractivity contribution in [3.63, 3.8) is 0 Å². The van der Waals surface area contributed by atoms with Crippen molar-refractivity contribution in [1.82, 2.24) is 15.1 Å². The van der Waals surface area contributed by atoms with Crippen LogP contribution in [0.25, 0.3) is 0 Å². The third-order valence-electron chi connectivity index (χ3n) is 6.31. The predicted octanol–water partition coefficient (Wildman–Crippen LogP) is 1.91. The molecular formula is C22H34N3O2P. The highest BCUT2D eigenvalue weighted by Gasteiger charge is 2.30. The van der Waals surface area contributed by atoms with Gasteiger partial charge in [-0.3, -0.25) is 9.69 Å². The monoisotopic (exact) mass is 403 g/mol. The number of rotatable bonds is 7. The summed E-state index contributed by atoms with van der Waals surface area (Å²) in [7, 11) is 2.68. The first-order valence-corrected chi connectivity index (χ1v) is 11.0. The molecule has 0 aromatic heterocycles. The van der Waals surface area contributed by atoms with E-state index in [1.165, 1.54) is 12.8 Å². The molecule has 0 radical (unpaired) electrons. The number of nitrogens with one attached hydrogen (secondary N) is 1. The number of likely N-dealkylation sites (tertiary alicyclic amines) is 2. The fraction of sp³-hybridized carbons (Fsp3) is 0.591. The lowest BCUT2D eigenvalue weighted by molar-refractivity contribution is 0.0954. The van der Waals surface area contributed by atoms with Crippen LogP contribution in [-0.4, -0.2) is 66.2 Å². The van der Waals surface area contributed by atoms with Gasteiger partial charge in [0.25, 0.3) is 5.91 Å². The number of piperidine rings is 1. The second-order valence-electron chi connectivity index (χ2n) is 8.20. The van der Waals surface area contributed by atoms with Gasteiger partial charge in [0.2, 0.25) is 0 Å². The zero-order chi connectivity index (χ0) is 20.1. The molecule has 28 heavy (non-hydrogen) atoms. The Labute approximate surface area is 171 Å². The van der Waals surface area contributed by atoms with Crippen LogP contribution in [0.2, 0.25) is 0 Å². The number of carbonyl (C=O) groups excluding carboxylic acids is 1. The fourth-order valence-electron chi connectivity index (χ4n) is 4.29. The standard InChI is InChI=1S/C22H34N3O2P/c1-16-3-4-19(13-21(16)28)22(27)23-14-17(2)25-11-7-20(15-25)24-9-5-18(6-10-24)8-12-26/h3-4,13,18,20,26H,2,5-12,14-15,28H2,1H3,(H,23,27). The Morgan fingerprint density at radius 1 is 1.29 bits per heavy atom. The van der Waals surface area contributed by atoms with E-state index in [1.54, 1.807) is 0 Å². The van der Waals surface area contributed by atoms with E-state index in [0.29, 0.717) is 30.7 Å². The molecule has 6 heteroatoms. The minimum atomic E-state index is -0.0495. The average molecular weight is 404 g/mol. The van der Waals surface area contributed by atoms with Crippen molar-refractivity contribution in [2.45, 2.75) is 38.6 Å². The van der Waals surface area contributed by atoms with E-state index < -0.39 is 0 Å². The molecule has 2 saturated heterocycles. The predicted molar refractivity (Wildman–Crippen MR) is 118 cm³/mol. The molecule has 3 rings (SSSR count). The van der Waals surface area contributed by atoms with E-state index in [-0.39, 0.29) is 5.91 Å². The Bertz CT molecular complexity index is 701. The molecule has 1 aromatic carbocycles. The first kappa shape index (κ1) is 21.3. The number of nitrogens with zero attached hydrogens (tertiary/aromatic N) is 2. The van der Waals surface area contributed by atoms with Gasteiger partial charge < -0.3 is 15.3 Å². The smallest absolute Gasteiger partial charge is 0.251 e. The number of hydrogen-bond donors (Lipinski definition) is 2. The maximum atomic E-state index is 12.4. The summed E-state index contributed by atoms with van der Waals surface area (Å²) in [5.74, 6) is 0.638. The number of carbonyl (C=O) groups is 1. The van der Waals surface area contributed by atoms with Crippen molar-refractivity contribution < 1.29 is 9.90 Å². The average Bonchev–Trinajstić information content (AvgIpc) is 3.19. The summed E-state index contributed by atoms with van der Waals surface area (Å²) in [5.41, 5.74) is 2.84. The van der Waals surface area contributed by atoms with Crippen LogP contribution in [0.5, 0.6) is 0 Å². The van der Waals surface area contributed by atoms with Gasteiger partial charge >= 0.3 is 0 Å². The molecule has 1 aromatic rings. The first-order valence-electron chi connectivity index (χ1n) is 10.4. The lowest BCUT2D eigenvalue weighted by Crippen LogP contribution is -2.43. The summed E-state index contributed by atoms with van der Waals surface area (Å²) >= 11 is 0. The van der Waals surface area contributed by atoms with E-state index >= 15 is 0 Å². The Morgan fingerprint density at radius 3 is 2.71 bits per heavy atom. The molecule has 2 N–H and O–H groups in total. The quantitative estimate of drug-likeness (QED) is 0.683. The fourth-order valence-corrected chi connectivity index (χ4v) is 4.57. The van der Waals surface area contributed by atoms with Gasteiger partial charge in [-0.15, -0.1) is 9.24 Å². The molecule has 0 saturated carbocycles. The third-order valence-corrected chi connectivity index (χ3v) is 6.93. The van der Waals surface area contributed by atoms with Crippen LogP contribution >= 0.6 is 9.24 Å². The van der Waals surface area contributed by atoms with E-state index in [1.807, 2.05) is 25.1 Å². The van der Waals surface area contributed by atoms with Gasteiger partial charge in [-0.1, -0.05) is 12.6 Å². The van der Waals surface area contributed by atoms with Crippen LogP contribution in [0.4, 0.5) is 0 Å². The van der Waals surface area contributed by atoms with Gasteiger partial charge in [-0.05, 0) is 74.6 Å². The molecule has 2 aliphatic rings. The van der Waals surface area contributed by atoms with Gasteiger partial charge in [0.05, 0.1) is 6.54 Å². The molecule has 2 aliphatic heterocycles. The molecule has 154 valence electrons. The number of aryl methyl sites for hydroxylation is 1. The molecule has 0 aliphatic carbocycles. The molecule has 1 amide bonds. The van der Waals surface area contributed by atoms with Crippen molar-refractivity contribution >= 4 is 20.5 Å². The van der Waals surface area contributed by atoms with Crippen molar-refractivity contribution in [2.24, 2.45) is 5.92 Å². The van der Waals surface area contributed by atoms with Gasteiger partial charge in [0.1, 0.15) is 0 Å². The molecule has 0 bridgehead atoms. The Morgan fingerprint density at radius 2 is 2.04 bits per heavy atom. The van der Waals surface area contributed by atoms with Crippen molar-refractivity contribution in [3.05, 3.63) is 41.6 Å². The Balaban J connectivity index is 1.43. The third kappa shape index (κ3) is 5.34. The summed E-state index contributed by atoms with van der Waals surface area (Å²) in [4.78, 5) is 17.3. The van der Waals surface area contributed by atoms with E-state index in [9.17, 15) is 4.79 Å². The Kier molecular flexibility index (Phi) is 7.50. The zero-order valence-corrected chi connectivity index (χ0v) is 18.1. The summed E-state index contributed by atoms with van der Waals surface area (Å²) in [6.45, 7) is 11.3. The second kappa shape index (κ2) is 9.87. The first-order chi connectivity index (χ1) is 13.5. The normalized spacial score (nSPS) is 21.1. The van der Waals surface area contributed by atoms with Gasteiger partial charge in [0.15, 0.2) is 0 Å². The number of benzene rings is 1. The van der Waals surface area contributed by atoms with Gasteiger partial charge in [0, 0.05) is 37.0 Å². The molecule has 5 nitrogen and oxygen atoms in total.